The highest BCUT2D eigenvalue weighted by atomic mass is 32.1. The summed E-state index contributed by atoms with van der Waals surface area (Å²) < 4.78 is 0. The van der Waals surface area contributed by atoms with Gasteiger partial charge in [-0.25, -0.2) is 4.98 Å². The quantitative estimate of drug-likeness (QED) is 0.848. The number of hydrogen-bond acceptors (Lipinski definition) is 3. The first-order valence-corrected chi connectivity index (χ1v) is 8.22. The Kier molecular flexibility index (Phi) is 5.32. The molecule has 0 aliphatic rings. The van der Waals surface area contributed by atoms with Crippen LogP contribution in [0.3, 0.4) is 0 Å². The van der Waals surface area contributed by atoms with Crippen LogP contribution in [-0.4, -0.2) is 11.5 Å². The predicted octanol–water partition coefficient (Wildman–Crippen LogP) is 4.47. The van der Waals surface area contributed by atoms with Gasteiger partial charge in [-0.1, -0.05) is 45.0 Å². The zero-order chi connectivity index (χ0) is 14.5. The molecule has 0 amide bonds. The summed E-state index contributed by atoms with van der Waals surface area (Å²) in [6.45, 7) is 9.64. The molecule has 1 heterocycles. The van der Waals surface area contributed by atoms with Crippen molar-refractivity contribution in [2.24, 2.45) is 0 Å². The van der Waals surface area contributed by atoms with Crippen molar-refractivity contribution in [1.82, 2.24) is 10.3 Å². The molecule has 0 saturated heterocycles. The van der Waals surface area contributed by atoms with E-state index in [9.17, 15) is 0 Å². The van der Waals surface area contributed by atoms with Gasteiger partial charge in [0, 0.05) is 5.38 Å². The van der Waals surface area contributed by atoms with Crippen LogP contribution >= 0.6 is 11.3 Å². The van der Waals surface area contributed by atoms with Crippen LogP contribution in [-0.2, 0) is 6.42 Å². The minimum absolute atomic E-state index is 0.315. The molecule has 1 atom stereocenters. The van der Waals surface area contributed by atoms with Gasteiger partial charge in [-0.15, -0.1) is 11.3 Å². The van der Waals surface area contributed by atoms with Crippen molar-refractivity contribution in [3.63, 3.8) is 0 Å². The third-order valence-electron chi connectivity index (χ3n) is 3.53. The zero-order valence-corrected chi connectivity index (χ0v) is 13.6. The van der Waals surface area contributed by atoms with Crippen LogP contribution in [0, 0.1) is 6.92 Å². The van der Waals surface area contributed by atoms with E-state index in [-0.39, 0.29) is 0 Å². The van der Waals surface area contributed by atoms with E-state index in [0.29, 0.717) is 12.0 Å². The number of aryl methyl sites for hydroxylation is 1. The standard InChI is InChI=1S/C17H24N2S/c1-5-18-16(17-11-20-13(4)19-17)10-14-6-8-15(9-7-14)12(2)3/h6-9,11-12,16,18H,5,10H2,1-4H3. The van der Waals surface area contributed by atoms with Crippen molar-refractivity contribution in [3.05, 3.63) is 51.5 Å². The maximum absolute atomic E-state index is 4.63. The van der Waals surface area contributed by atoms with Gasteiger partial charge in [0.2, 0.25) is 0 Å². The fourth-order valence-electron chi connectivity index (χ4n) is 2.34. The first kappa shape index (κ1) is 15.2. The minimum Gasteiger partial charge on any atom is -0.309 e. The molecule has 0 saturated carbocycles. The van der Waals surface area contributed by atoms with Gasteiger partial charge in [-0.3, -0.25) is 0 Å². The van der Waals surface area contributed by atoms with Crippen LogP contribution in [0.1, 0.15) is 54.6 Å². The fourth-order valence-corrected chi connectivity index (χ4v) is 3.01. The van der Waals surface area contributed by atoms with E-state index in [0.717, 1.165) is 18.0 Å². The first-order chi connectivity index (χ1) is 9.60. The van der Waals surface area contributed by atoms with E-state index >= 15 is 0 Å². The monoisotopic (exact) mass is 288 g/mol. The summed E-state index contributed by atoms with van der Waals surface area (Å²) in [7, 11) is 0. The average Bonchev–Trinajstić information content (AvgIpc) is 2.85. The molecule has 0 aliphatic heterocycles. The number of likely N-dealkylation sites (N-methyl/N-ethyl adjacent to an activating group) is 1. The van der Waals surface area contributed by atoms with E-state index in [1.165, 1.54) is 16.8 Å². The smallest absolute Gasteiger partial charge is 0.0898 e. The average molecular weight is 288 g/mol. The molecule has 0 spiro atoms. The molecule has 1 aromatic carbocycles. The molecule has 3 heteroatoms. The number of benzene rings is 1. The van der Waals surface area contributed by atoms with Crippen molar-refractivity contribution in [2.75, 3.05) is 6.54 Å². The van der Waals surface area contributed by atoms with E-state index in [2.05, 4.69) is 67.6 Å². The summed E-state index contributed by atoms with van der Waals surface area (Å²) in [5, 5.41) is 6.85. The molecule has 0 bridgehead atoms. The lowest BCUT2D eigenvalue weighted by molar-refractivity contribution is 0.538. The molecule has 20 heavy (non-hydrogen) atoms. The molecule has 0 aliphatic carbocycles. The normalized spacial score (nSPS) is 12.8. The second-order valence-corrected chi connectivity index (χ2v) is 6.56. The lowest BCUT2D eigenvalue weighted by Crippen LogP contribution is -2.23. The largest absolute Gasteiger partial charge is 0.309 e. The molecule has 1 N–H and O–H groups in total. The maximum atomic E-state index is 4.63. The molecule has 0 fully saturated rings. The van der Waals surface area contributed by atoms with Gasteiger partial charge in [-0.2, -0.15) is 0 Å². The Morgan fingerprint density at radius 1 is 1.20 bits per heavy atom. The Hall–Kier alpha value is -1.19. The number of aromatic nitrogens is 1. The predicted molar refractivity (Wildman–Crippen MR) is 87.5 cm³/mol. The van der Waals surface area contributed by atoms with Crippen molar-refractivity contribution >= 4 is 11.3 Å². The Morgan fingerprint density at radius 3 is 2.40 bits per heavy atom. The number of rotatable bonds is 6. The second-order valence-electron chi connectivity index (χ2n) is 5.50. The highest BCUT2D eigenvalue weighted by Crippen LogP contribution is 2.22. The Balaban J connectivity index is 2.11. The third-order valence-corrected chi connectivity index (χ3v) is 4.32. The summed E-state index contributed by atoms with van der Waals surface area (Å²) in [4.78, 5) is 4.63. The minimum atomic E-state index is 0.315. The van der Waals surface area contributed by atoms with Crippen molar-refractivity contribution < 1.29 is 0 Å². The zero-order valence-electron chi connectivity index (χ0n) is 12.8. The van der Waals surface area contributed by atoms with Gasteiger partial charge in [0.15, 0.2) is 0 Å². The molecule has 0 radical (unpaired) electrons. The first-order valence-electron chi connectivity index (χ1n) is 7.34. The van der Waals surface area contributed by atoms with Gasteiger partial charge in [0.25, 0.3) is 0 Å². The van der Waals surface area contributed by atoms with Crippen molar-refractivity contribution in [2.45, 2.75) is 46.1 Å². The molecule has 1 aromatic heterocycles. The Morgan fingerprint density at radius 2 is 1.90 bits per heavy atom. The molecular weight excluding hydrogens is 264 g/mol. The van der Waals surface area contributed by atoms with E-state index in [1.54, 1.807) is 11.3 Å². The highest BCUT2D eigenvalue weighted by Gasteiger charge is 2.14. The summed E-state index contributed by atoms with van der Waals surface area (Å²) in [5.41, 5.74) is 3.94. The van der Waals surface area contributed by atoms with Gasteiger partial charge < -0.3 is 5.32 Å². The number of nitrogens with zero attached hydrogens (tertiary/aromatic N) is 1. The molecule has 2 rings (SSSR count). The van der Waals surface area contributed by atoms with Crippen LogP contribution in [0.25, 0.3) is 0 Å². The Labute approximate surface area is 126 Å². The molecule has 2 aromatic rings. The Bertz CT molecular complexity index is 528. The second kappa shape index (κ2) is 7.00. The van der Waals surface area contributed by atoms with E-state index in [1.807, 2.05) is 0 Å². The molecule has 2 nitrogen and oxygen atoms in total. The highest BCUT2D eigenvalue weighted by molar-refractivity contribution is 7.09. The van der Waals surface area contributed by atoms with Crippen LogP contribution in [0.2, 0.25) is 0 Å². The van der Waals surface area contributed by atoms with E-state index < -0.39 is 0 Å². The fraction of sp³-hybridized carbons (Fsp3) is 0.471. The molecular formula is C17H24N2S. The third kappa shape index (κ3) is 3.90. The van der Waals surface area contributed by atoms with Gasteiger partial charge in [-0.05, 0) is 36.9 Å². The summed E-state index contributed by atoms with van der Waals surface area (Å²) in [6, 6.07) is 9.30. The van der Waals surface area contributed by atoms with Crippen LogP contribution < -0.4 is 5.32 Å². The molecule has 108 valence electrons. The molecule has 1 unspecified atom stereocenters. The van der Waals surface area contributed by atoms with E-state index in [4.69, 9.17) is 0 Å². The lowest BCUT2D eigenvalue weighted by Gasteiger charge is -2.16. The number of thiazole rings is 1. The van der Waals surface area contributed by atoms with Crippen molar-refractivity contribution in [3.8, 4) is 0 Å². The summed E-state index contributed by atoms with van der Waals surface area (Å²) >= 11 is 1.72. The van der Waals surface area contributed by atoms with Gasteiger partial charge >= 0.3 is 0 Å². The van der Waals surface area contributed by atoms with Gasteiger partial charge in [0.05, 0.1) is 16.7 Å². The van der Waals surface area contributed by atoms with Gasteiger partial charge in [0.1, 0.15) is 0 Å². The number of hydrogen-bond donors (Lipinski definition) is 1. The van der Waals surface area contributed by atoms with Crippen LogP contribution in [0.15, 0.2) is 29.6 Å². The summed E-state index contributed by atoms with van der Waals surface area (Å²) in [6.07, 6.45) is 0.995. The lowest BCUT2D eigenvalue weighted by atomic mass is 9.98. The number of nitrogens with one attached hydrogen (secondary N) is 1. The SMILES string of the molecule is CCNC(Cc1ccc(C(C)C)cc1)c1csc(C)n1. The van der Waals surface area contributed by atoms with Crippen LogP contribution in [0.5, 0.6) is 0 Å². The maximum Gasteiger partial charge on any atom is 0.0898 e. The topological polar surface area (TPSA) is 24.9 Å². The summed E-state index contributed by atoms with van der Waals surface area (Å²) in [5.74, 6) is 0.592. The van der Waals surface area contributed by atoms with Crippen molar-refractivity contribution in [1.29, 1.82) is 0 Å². The van der Waals surface area contributed by atoms with Crippen LogP contribution in [0.4, 0.5) is 0 Å².